The van der Waals surface area contributed by atoms with Crippen molar-refractivity contribution in [3.8, 4) is 0 Å². The number of hydrogen-bond donors (Lipinski definition) is 1. The summed E-state index contributed by atoms with van der Waals surface area (Å²) in [5.41, 5.74) is 2.93. The van der Waals surface area contributed by atoms with Gasteiger partial charge in [-0.3, -0.25) is 0 Å². The predicted octanol–water partition coefficient (Wildman–Crippen LogP) is 4.07. The number of aromatic nitrogens is 1. The molecule has 1 N–H and O–H groups in total. The average Bonchev–Trinajstić information content (AvgIpc) is 2.31. The molecule has 0 fully saturated rings. The maximum atomic E-state index is 6.11. The Balaban J connectivity index is 2.68. The van der Waals surface area contributed by atoms with Gasteiger partial charge in [0.05, 0.1) is 17.8 Å². The summed E-state index contributed by atoms with van der Waals surface area (Å²) in [6, 6.07) is 5.88. The maximum Gasteiger partial charge on any atom is 0.0885 e. The van der Waals surface area contributed by atoms with E-state index in [0.29, 0.717) is 6.61 Å². The van der Waals surface area contributed by atoms with Crippen molar-refractivity contribution >= 4 is 50.8 Å². The molecule has 0 aliphatic carbocycles. The third kappa shape index (κ3) is 2.87. The van der Waals surface area contributed by atoms with E-state index in [0.717, 1.165) is 37.4 Å². The molecule has 18 heavy (non-hydrogen) atoms. The first kappa shape index (κ1) is 13.8. The molecule has 1 aromatic carbocycles. The molecule has 5 heteroatoms. The summed E-state index contributed by atoms with van der Waals surface area (Å²) >= 11 is 8.37. The van der Waals surface area contributed by atoms with Crippen molar-refractivity contribution in [3.63, 3.8) is 0 Å². The second-order valence-corrected chi connectivity index (χ2v) is 5.51. The number of ether oxygens (including phenoxy) is 1. The zero-order valence-corrected chi connectivity index (χ0v) is 13.2. The molecule has 0 saturated carbocycles. The third-order valence-corrected chi connectivity index (χ3v) is 3.58. The van der Waals surface area contributed by atoms with Gasteiger partial charge in [0.1, 0.15) is 0 Å². The van der Waals surface area contributed by atoms with Crippen LogP contribution in [-0.4, -0.2) is 18.6 Å². The van der Waals surface area contributed by atoms with Crippen molar-refractivity contribution in [3.05, 3.63) is 32.5 Å². The minimum Gasteiger partial charge on any atom is -0.385 e. The fourth-order valence-corrected chi connectivity index (χ4v) is 3.01. The Morgan fingerprint density at radius 2 is 2.17 bits per heavy atom. The van der Waals surface area contributed by atoms with Gasteiger partial charge in [0.15, 0.2) is 0 Å². The summed E-state index contributed by atoms with van der Waals surface area (Å²) < 4.78 is 6.20. The van der Waals surface area contributed by atoms with Gasteiger partial charge in [-0.2, -0.15) is 0 Å². The molecule has 1 aromatic heterocycles. The molecule has 1 heterocycles. The fraction of sp³-hybridized carbons (Fsp3) is 0.308. The first-order valence-corrected chi connectivity index (χ1v) is 7.13. The largest absolute Gasteiger partial charge is 0.385 e. The van der Waals surface area contributed by atoms with Crippen LogP contribution < -0.4 is 5.32 Å². The molecule has 0 bridgehead atoms. The van der Waals surface area contributed by atoms with Gasteiger partial charge in [0.25, 0.3) is 0 Å². The van der Waals surface area contributed by atoms with Crippen molar-refractivity contribution in [2.45, 2.75) is 13.5 Å². The van der Waals surface area contributed by atoms with E-state index in [1.165, 1.54) is 0 Å². The first-order chi connectivity index (χ1) is 8.65. The van der Waals surface area contributed by atoms with E-state index in [4.69, 9.17) is 16.3 Å². The van der Waals surface area contributed by atoms with Crippen LogP contribution in [0.15, 0.2) is 18.2 Å². The Hall–Kier alpha value is -0.590. The molecule has 0 atom stereocenters. The maximum absolute atomic E-state index is 6.11. The van der Waals surface area contributed by atoms with Crippen LogP contribution in [0, 0.1) is 3.57 Å². The molecular weight excluding hydrogens is 363 g/mol. The number of benzene rings is 1. The van der Waals surface area contributed by atoms with Gasteiger partial charge in [-0.05, 0) is 47.7 Å². The number of rotatable bonds is 4. The Bertz CT molecular complexity index is 574. The number of anilines is 1. The number of pyridine rings is 1. The standard InChI is InChI=1S/C13H14ClIN2O/c1-3-16-12-6-9(7-18-2)17-13-10(12)4-8(14)5-11(13)15/h4-6H,3,7H2,1-2H3,(H,16,17). The fourth-order valence-electron chi connectivity index (χ4n) is 1.86. The molecule has 0 unspecified atom stereocenters. The summed E-state index contributed by atoms with van der Waals surface area (Å²) in [4.78, 5) is 4.62. The van der Waals surface area contributed by atoms with Crippen molar-refractivity contribution in [1.82, 2.24) is 4.98 Å². The highest BCUT2D eigenvalue weighted by Crippen LogP contribution is 2.30. The van der Waals surface area contributed by atoms with E-state index in [2.05, 4.69) is 39.8 Å². The van der Waals surface area contributed by atoms with Crippen LogP contribution in [-0.2, 0) is 11.3 Å². The highest BCUT2D eigenvalue weighted by molar-refractivity contribution is 14.1. The number of nitrogens with zero attached hydrogens (tertiary/aromatic N) is 1. The van der Waals surface area contributed by atoms with E-state index in [1.807, 2.05) is 18.2 Å². The van der Waals surface area contributed by atoms with Crippen LogP contribution in [0.5, 0.6) is 0 Å². The molecule has 2 rings (SSSR count). The number of fused-ring (bicyclic) bond motifs is 1. The lowest BCUT2D eigenvalue weighted by atomic mass is 10.1. The summed E-state index contributed by atoms with van der Waals surface area (Å²) in [5.74, 6) is 0. The van der Waals surface area contributed by atoms with E-state index in [1.54, 1.807) is 7.11 Å². The monoisotopic (exact) mass is 376 g/mol. The van der Waals surface area contributed by atoms with E-state index in [9.17, 15) is 0 Å². The summed E-state index contributed by atoms with van der Waals surface area (Å²) in [7, 11) is 1.67. The topological polar surface area (TPSA) is 34.1 Å². The molecule has 3 nitrogen and oxygen atoms in total. The molecular formula is C13H14ClIN2O. The summed E-state index contributed by atoms with van der Waals surface area (Å²) in [6.45, 7) is 3.43. The minimum atomic E-state index is 0.507. The second-order valence-electron chi connectivity index (χ2n) is 3.91. The Morgan fingerprint density at radius 1 is 1.39 bits per heavy atom. The number of methoxy groups -OCH3 is 1. The van der Waals surface area contributed by atoms with Gasteiger partial charge in [-0.15, -0.1) is 0 Å². The summed E-state index contributed by atoms with van der Waals surface area (Å²) in [5, 5.41) is 5.12. The highest BCUT2D eigenvalue weighted by Gasteiger charge is 2.09. The molecule has 0 saturated heterocycles. The Morgan fingerprint density at radius 3 is 2.83 bits per heavy atom. The smallest absolute Gasteiger partial charge is 0.0885 e. The normalized spacial score (nSPS) is 10.9. The van der Waals surface area contributed by atoms with Gasteiger partial charge in [-0.1, -0.05) is 11.6 Å². The van der Waals surface area contributed by atoms with Gasteiger partial charge < -0.3 is 10.1 Å². The van der Waals surface area contributed by atoms with Crippen molar-refractivity contribution < 1.29 is 4.74 Å². The molecule has 2 aromatic rings. The van der Waals surface area contributed by atoms with Gasteiger partial charge in [0.2, 0.25) is 0 Å². The zero-order chi connectivity index (χ0) is 13.1. The quantitative estimate of drug-likeness (QED) is 0.817. The third-order valence-electron chi connectivity index (χ3n) is 2.54. The van der Waals surface area contributed by atoms with Crippen LogP contribution >= 0.6 is 34.2 Å². The van der Waals surface area contributed by atoms with Crippen LogP contribution in [0.1, 0.15) is 12.6 Å². The van der Waals surface area contributed by atoms with Crippen molar-refractivity contribution in [2.24, 2.45) is 0 Å². The second kappa shape index (κ2) is 6.04. The Kier molecular flexibility index (Phi) is 4.64. The molecule has 0 aliphatic heterocycles. The van der Waals surface area contributed by atoms with Crippen molar-refractivity contribution in [1.29, 1.82) is 0 Å². The lowest BCUT2D eigenvalue weighted by Gasteiger charge is -2.12. The van der Waals surface area contributed by atoms with E-state index < -0.39 is 0 Å². The van der Waals surface area contributed by atoms with Crippen LogP contribution in [0.2, 0.25) is 5.02 Å². The average molecular weight is 377 g/mol. The molecule has 0 radical (unpaired) electrons. The number of hydrogen-bond acceptors (Lipinski definition) is 3. The zero-order valence-electron chi connectivity index (χ0n) is 10.3. The van der Waals surface area contributed by atoms with Crippen LogP contribution in [0.4, 0.5) is 5.69 Å². The lowest BCUT2D eigenvalue weighted by Crippen LogP contribution is -2.02. The predicted molar refractivity (Wildman–Crippen MR) is 84.3 cm³/mol. The SMILES string of the molecule is CCNc1cc(COC)nc2c(I)cc(Cl)cc12. The molecule has 96 valence electrons. The molecule has 0 spiro atoms. The van der Waals surface area contributed by atoms with Gasteiger partial charge in [-0.25, -0.2) is 4.98 Å². The summed E-state index contributed by atoms with van der Waals surface area (Å²) in [6.07, 6.45) is 0. The molecule has 0 aliphatic rings. The number of nitrogens with one attached hydrogen (secondary N) is 1. The van der Waals surface area contributed by atoms with Crippen LogP contribution in [0.3, 0.4) is 0 Å². The van der Waals surface area contributed by atoms with E-state index in [-0.39, 0.29) is 0 Å². The first-order valence-electron chi connectivity index (χ1n) is 5.67. The van der Waals surface area contributed by atoms with Crippen LogP contribution in [0.25, 0.3) is 10.9 Å². The minimum absolute atomic E-state index is 0.507. The number of halogens is 2. The lowest BCUT2D eigenvalue weighted by molar-refractivity contribution is 0.182. The van der Waals surface area contributed by atoms with Gasteiger partial charge in [0, 0.05) is 33.3 Å². The molecule has 0 amide bonds. The van der Waals surface area contributed by atoms with Gasteiger partial charge >= 0.3 is 0 Å². The Labute approximate surface area is 125 Å². The van der Waals surface area contributed by atoms with E-state index >= 15 is 0 Å². The van der Waals surface area contributed by atoms with Crippen molar-refractivity contribution in [2.75, 3.05) is 19.0 Å². The highest BCUT2D eigenvalue weighted by atomic mass is 127.